The van der Waals surface area contributed by atoms with Crippen molar-refractivity contribution < 1.29 is 14.3 Å². The van der Waals surface area contributed by atoms with Gasteiger partial charge in [-0.3, -0.25) is 4.79 Å². The van der Waals surface area contributed by atoms with Crippen LogP contribution in [0.4, 0.5) is 0 Å². The highest BCUT2D eigenvalue weighted by Crippen LogP contribution is 2.14. The number of ether oxygens (including phenoxy) is 2. The third kappa shape index (κ3) is 8.83. The van der Waals surface area contributed by atoms with Crippen molar-refractivity contribution >= 4 is 11.9 Å². The molecule has 1 saturated heterocycles. The number of carbonyl (C=O) groups is 1. The van der Waals surface area contributed by atoms with Gasteiger partial charge >= 0.3 is 0 Å². The van der Waals surface area contributed by atoms with Crippen molar-refractivity contribution in [3.63, 3.8) is 0 Å². The molecular formula is C22H36N4O3. The number of methoxy groups -OCH3 is 1. The SMILES string of the molecule is COCCCOC1CCN(C(=NCC(=O)N(C)C)NCCc2ccccc2)CC1. The average Bonchev–Trinajstić information content (AvgIpc) is 2.74. The molecule has 1 aliphatic heterocycles. The van der Waals surface area contributed by atoms with Crippen LogP contribution in [0, 0.1) is 0 Å². The lowest BCUT2D eigenvalue weighted by Gasteiger charge is -2.34. The second-order valence-corrected chi connectivity index (χ2v) is 7.49. The Labute approximate surface area is 175 Å². The molecule has 2 rings (SSSR count). The second kappa shape index (κ2) is 13.2. The Morgan fingerprint density at radius 1 is 1.21 bits per heavy atom. The van der Waals surface area contributed by atoms with Gasteiger partial charge in [0.05, 0.1) is 6.10 Å². The minimum Gasteiger partial charge on any atom is -0.385 e. The zero-order valence-electron chi connectivity index (χ0n) is 18.1. The van der Waals surface area contributed by atoms with Gasteiger partial charge in [-0.1, -0.05) is 30.3 Å². The number of benzene rings is 1. The van der Waals surface area contributed by atoms with Gasteiger partial charge in [0.1, 0.15) is 6.54 Å². The number of carbonyl (C=O) groups excluding carboxylic acids is 1. The molecule has 1 N–H and O–H groups in total. The summed E-state index contributed by atoms with van der Waals surface area (Å²) in [7, 11) is 5.23. The molecule has 0 radical (unpaired) electrons. The van der Waals surface area contributed by atoms with Crippen LogP contribution in [0.15, 0.2) is 35.3 Å². The molecule has 0 aromatic heterocycles. The second-order valence-electron chi connectivity index (χ2n) is 7.49. The Bertz CT molecular complexity index is 614. The summed E-state index contributed by atoms with van der Waals surface area (Å²) >= 11 is 0. The van der Waals surface area contributed by atoms with Crippen molar-refractivity contribution in [2.75, 3.05) is 60.6 Å². The molecule has 162 valence electrons. The summed E-state index contributed by atoms with van der Waals surface area (Å²) in [6, 6.07) is 10.4. The van der Waals surface area contributed by atoms with Crippen LogP contribution >= 0.6 is 0 Å². The number of hydrogen-bond acceptors (Lipinski definition) is 4. The molecule has 0 spiro atoms. The van der Waals surface area contributed by atoms with Gasteiger partial charge in [-0.25, -0.2) is 4.99 Å². The van der Waals surface area contributed by atoms with Crippen LogP contribution in [0.5, 0.6) is 0 Å². The van der Waals surface area contributed by atoms with Crippen LogP contribution in [0.2, 0.25) is 0 Å². The van der Waals surface area contributed by atoms with Gasteiger partial charge in [0.15, 0.2) is 5.96 Å². The van der Waals surface area contributed by atoms with Gasteiger partial charge in [0, 0.05) is 54.1 Å². The van der Waals surface area contributed by atoms with Crippen LogP contribution < -0.4 is 5.32 Å². The van der Waals surface area contributed by atoms with E-state index in [-0.39, 0.29) is 18.6 Å². The lowest BCUT2D eigenvalue weighted by atomic mass is 10.1. The normalized spacial score (nSPS) is 15.4. The smallest absolute Gasteiger partial charge is 0.243 e. The first kappa shape index (κ1) is 23.2. The number of guanidine groups is 1. The van der Waals surface area contributed by atoms with Crippen molar-refractivity contribution in [2.24, 2.45) is 4.99 Å². The molecule has 1 aromatic carbocycles. The van der Waals surface area contributed by atoms with Gasteiger partial charge in [-0.2, -0.15) is 0 Å². The van der Waals surface area contributed by atoms with Gasteiger partial charge in [-0.05, 0) is 31.2 Å². The van der Waals surface area contributed by atoms with E-state index >= 15 is 0 Å². The molecule has 0 bridgehead atoms. The summed E-state index contributed by atoms with van der Waals surface area (Å²) in [5, 5.41) is 3.45. The van der Waals surface area contributed by atoms with Gasteiger partial charge < -0.3 is 24.6 Å². The fourth-order valence-electron chi connectivity index (χ4n) is 3.20. The summed E-state index contributed by atoms with van der Waals surface area (Å²) in [5.41, 5.74) is 1.28. The van der Waals surface area contributed by atoms with Gasteiger partial charge in [-0.15, -0.1) is 0 Å². The van der Waals surface area contributed by atoms with E-state index in [4.69, 9.17) is 9.47 Å². The molecule has 1 aliphatic rings. The number of rotatable bonds is 10. The maximum Gasteiger partial charge on any atom is 0.243 e. The molecule has 0 saturated carbocycles. The number of likely N-dealkylation sites (N-methyl/N-ethyl adjacent to an activating group) is 1. The monoisotopic (exact) mass is 404 g/mol. The molecule has 1 fully saturated rings. The zero-order valence-corrected chi connectivity index (χ0v) is 18.1. The topological polar surface area (TPSA) is 66.4 Å². The molecule has 1 heterocycles. The number of piperidine rings is 1. The third-order valence-corrected chi connectivity index (χ3v) is 4.99. The number of aliphatic imine (C=N–C) groups is 1. The van der Waals surface area contributed by atoms with E-state index in [2.05, 4.69) is 39.5 Å². The van der Waals surface area contributed by atoms with Crippen LogP contribution in [0.3, 0.4) is 0 Å². The Hall–Kier alpha value is -2.12. The number of amides is 1. The van der Waals surface area contributed by atoms with Crippen LogP contribution in [0.1, 0.15) is 24.8 Å². The van der Waals surface area contributed by atoms with Crippen molar-refractivity contribution in [2.45, 2.75) is 31.8 Å². The number of hydrogen-bond donors (Lipinski definition) is 1. The molecule has 29 heavy (non-hydrogen) atoms. The lowest BCUT2D eigenvalue weighted by Crippen LogP contribution is -2.48. The lowest BCUT2D eigenvalue weighted by molar-refractivity contribution is -0.127. The predicted octanol–water partition coefficient (Wildman–Crippen LogP) is 1.78. The fourth-order valence-corrected chi connectivity index (χ4v) is 3.20. The average molecular weight is 405 g/mol. The molecule has 0 aliphatic carbocycles. The van der Waals surface area contributed by atoms with Crippen molar-refractivity contribution in [3.8, 4) is 0 Å². The maximum absolute atomic E-state index is 12.0. The quantitative estimate of drug-likeness (QED) is 0.366. The zero-order chi connectivity index (χ0) is 20.9. The van der Waals surface area contributed by atoms with Crippen molar-refractivity contribution in [1.29, 1.82) is 0 Å². The predicted molar refractivity (Wildman–Crippen MR) is 116 cm³/mol. The summed E-state index contributed by atoms with van der Waals surface area (Å²) in [6.45, 7) is 4.18. The van der Waals surface area contributed by atoms with E-state index in [9.17, 15) is 4.79 Å². The van der Waals surface area contributed by atoms with E-state index in [0.29, 0.717) is 0 Å². The van der Waals surface area contributed by atoms with E-state index in [0.717, 1.165) is 64.5 Å². The first-order valence-electron chi connectivity index (χ1n) is 10.5. The molecule has 0 unspecified atom stereocenters. The van der Waals surface area contributed by atoms with Crippen LogP contribution in [-0.2, 0) is 20.7 Å². The molecule has 1 aromatic rings. The standard InChI is InChI=1S/C22H36N4O3/c1-25(2)21(27)18-24-22(23-13-10-19-8-5-4-6-9-19)26-14-11-20(12-15-26)29-17-7-16-28-3/h4-6,8-9,20H,7,10-18H2,1-3H3,(H,23,24). The first-order chi connectivity index (χ1) is 14.1. The molecule has 7 heteroatoms. The van der Waals surface area contributed by atoms with Gasteiger partial charge in [0.2, 0.25) is 5.91 Å². The molecule has 7 nitrogen and oxygen atoms in total. The highest BCUT2D eigenvalue weighted by atomic mass is 16.5. The molecule has 1 amide bonds. The Balaban J connectivity index is 1.86. The highest BCUT2D eigenvalue weighted by molar-refractivity contribution is 5.84. The Morgan fingerprint density at radius 2 is 1.93 bits per heavy atom. The Morgan fingerprint density at radius 3 is 2.59 bits per heavy atom. The minimum absolute atomic E-state index is 0.00345. The van der Waals surface area contributed by atoms with Gasteiger partial charge in [0.25, 0.3) is 0 Å². The number of nitrogens with zero attached hydrogens (tertiary/aromatic N) is 3. The fraction of sp³-hybridized carbons (Fsp3) is 0.636. The van der Waals surface area contributed by atoms with E-state index in [1.807, 2.05) is 6.07 Å². The molecular weight excluding hydrogens is 368 g/mol. The maximum atomic E-state index is 12.0. The van der Waals surface area contributed by atoms with E-state index in [1.165, 1.54) is 5.56 Å². The van der Waals surface area contributed by atoms with E-state index in [1.54, 1.807) is 26.1 Å². The van der Waals surface area contributed by atoms with Crippen LogP contribution in [0.25, 0.3) is 0 Å². The molecule has 0 atom stereocenters. The highest BCUT2D eigenvalue weighted by Gasteiger charge is 2.22. The number of nitrogens with one attached hydrogen (secondary N) is 1. The summed E-state index contributed by atoms with van der Waals surface area (Å²) in [6.07, 6.45) is 4.07. The summed E-state index contributed by atoms with van der Waals surface area (Å²) in [5.74, 6) is 0.817. The van der Waals surface area contributed by atoms with Crippen LogP contribution in [-0.4, -0.2) is 88.4 Å². The largest absolute Gasteiger partial charge is 0.385 e. The first-order valence-corrected chi connectivity index (χ1v) is 10.5. The number of likely N-dealkylation sites (tertiary alicyclic amines) is 1. The minimum atomic E-state index is 0.00345. The summed E-state index contributed by atoms with van der Waals surface area (Å²) < 4.78 is 11.0. The van der Waals surface area contributed by atoms with Crippen molar-refractivity contribution in [3.05, 3.63) is 35.9 Å². The van der Waals surface area contributed by atoms with Crippen molar-refractivity contribution in [1.82, 2.24) is 15.1 Å². The summed E-state index contributed by atoms with van der Waals surface area (Å²) in [4.78, 5) is 20.4. The third-order valence-electron chi connectivity index (χ3n) is 4.99. The van der Waals surface area contributed by atoms with E-state index < -0.39 is 0 Å². The Kier molecular flexibility index (Phi) is 10.5.